The van der Waals surface area contributed by atoms with E-state index in [4.69, 9.17) is 21.7 Å². The highest BCUT2D eigenvalue weighted by molar-refractivity contribution is 7.80. The molecule has 0 bridgehead atoms. The molecule has 0 aliphatic heterocycles. The fourth-order valence-corrected chi connectivity index (χ4v) is 1.51. The van der Waals surface area contributed by atoms with E-state index < -0.39 is 11.0 Å². The fraction of sp³-hybridized carbons (Fsp3) is 0.417. The number of ether oxygens (including phenoxy) is 2. The predicted molar refractivity (Wildman–Crippen MR) is 75.0 cm³/mol. The van der Waals surface area contributed by atoms with Gasteiger partial charge in [-0.2, -0.15) is 0 Å². The van der Waals surface area contributed by atoms with Crippen molar-refractivity contribution in [2.24, 2.45) is 0 Å². The van der Waals surface area contributed by atoms with Gasteiger partial charge in [0, 0.05) is 19.0 Å². The molecule has 0 aromatic heterocycles. The van der Waals surface area contributed by atoms with Crippen molar-refractivity contribution < 1.29 is 14.4 Å². The van der Waals surface area contributed by atoms with Gasteiger partial charge in [-0.15, -0.1) is 0 Å². The molecule has 1 unspecified atom stereocenters. The van der Waals surface area contributed by atoms with Crippen molar-refractivity contribution in [2.45, 2.75) is 6.10 Å². The van der Waals surface area contributed by atoms with E-state index in [1.807, 2.05) is 0 Å². The number of hydrogen-bond donors (Lipinski definition) is 0. The number of thiocarbonyl (C=S) groups is 1. The first-order chi connectivity index (χ1) is 8.93. The van der Waals surface area contributed by atoms with Gasteiger partial charge in [0.25, 0.3) is 5.17 Å². The summed E-state index contributed by atoms with van der Waals surface area (Å²) in [4.78, 5) is 11.9. The van der Waals surface area contributed by atoms with Crippen molar-refractivity contribution in [3.05, 3.63) is 39.9 Å². The average Bonchev–Trinajstić information content (AvgIpc) is 2.37. The summed E-state index contributed by atoms with van der Waals surface area (Å²) < 4.78 is 10.5. The Labute approximate surface area is 117 Å². The van der Waals surface area contributed by atoms with E-state index in [1.54, 1.807) is 50.4 Å². The average molecular weight is 284 g/mol. The summed E-state index contributed by atoms with van der Waals surface area (Å²) in [6, 6.07) is 6.91. The van der Waals surface area contributed by atoms with Crippen LogP contribution in [0.15, 0.2) is 24.3 Å². The largest absolute Gasteiger partial charge is 0.497 e. The number of nitrogens with zero attached hydrogens (tertiary/aromatic N) is 2. The first-order valence-corrected chi connectivity index (χ1v) is 5.98. The van der Waals surface area contributed by atoms with Crippen LogP contribution in [-0.4, -0.2) is 42.7 Å². The third kappa shape index (κ3) is 4.70. The third-order valence-electron chi connectivity index (χ3n) is 2.41. The summed E-state index contributed by atoms with van der Waals surface area (Å²) in [6.07, 6.45) is -0.712. The summed E-state index contributed by atoms with van der Waals surface area (Å²) >= 11 is 5.01. The maximum atomic E-state index is 10.7. The minimum absolute atomic E-state index is 0.211. The summed E-state index contributed by atoms with van der Waals surface area (Å²) in [5.41, 5.74) is 0.682. The van der Waals surface area contributed by atoms with E-state index in [0.29, 0.717) is 11.3 Å². The SMILES string of the molecule is COc1ccc(C(C[N+](=O)[O-])OC(=S)N(C)C)cc1. The molecule has 1 aromatic rings. The third-order valence-corrected chi connectivity index (χ3v) is 2.87. The van der Waals surface area contributed by atoms with Crippen molar-refractivity contribution >= 4 is 17.4 Å². The maximum absolute atomic E-state index is 10.7. The van der Waals surface area contributed by atoms with E-state index in [-0.39, 0.29) is 11.7 Å². The summed E-state index contributed by atoms with van der Waals surface area (Å²) in [5, 5.41) is 10.9. The lowest BCUT2D eigenvalue weighted by atomic mass is 10.1. The molecule has 0 aliphatic carbocycles. The maximum Gasteiger partial charge on any atom is 0.259 e. The minimum Gasteiger partial charge on any atom is -0.497 e. The highest BCUT2D eigenvalue weighted by atomic mass is 32.1. The summed E-state index contributed by atoms with van der Waals surface area (Å²) in [6.45, 7) is -0.347. The Kier molecular flexibility index (Phi) is 5.50. The molecule has 6 nitrogen and oxygen atoms in total. The van der Waals surface area contributed by atoms with Crippen LogP contribution >= 0.6 is 12.2 Å². The van der Waals surface area contributed by atoms with E-state index in [1.165, 1.54) is 0 Å². The van der Waals surface area contributed by atoms with Gasteiger partial charge in [-0.3, -0.25) is 10.1 Å². The van der Waals surface area contributed by atoms with Gasteiger partial charge >= 0.3 is 0 Å². The van der Waals surface area contributed by atoms with Crippen molar-refractivity contribution in [2.75, 3.05) is 27.7 Å². The van der Waals surface area contributed by atoms with Gasteiger partial charge in [-0.25, -0.2) is 0 Å². The molecule has 1 aromatic carbocycles. The number of hydrogen-bond acceptors (Lipinski definition) is 5. The van der Waals surface area contributed by atoms with Gasteiger partial charge in [0.15, 0.2) is 6.10 Å². The Hall–Kier alpha value is -1.89. The van der Waals surface area contributed by atoms with Gasteiger partial charge in [0.2, 0.25) is 6.54 Å². The molecule has 0 saturated heterocycles. The monoisotopic (exact) mass is 284 g/mol. The quantitative estimate of drug-likeness (QED) is 0.467. The van der Waals surface area contributed by atoms with E-state index >= 15 is 0 Å². The van der Waals surface area contributed by atoms with E-state index in [0.717, 1.165) is 0 Å². The van der Waals surface area contributed by atoms with Crippen molar-refractivity contribution in [1.29, 1.82) is 0 Å². The van der Waals surface area contributed by atoms with Crippen LogP contribution in [0.2, 0.25) is 0 Å². The first-order valence-electron chi connectivity index (χ1n) is 5.57. The Morgan fingerprint density at radius 1 is 1.42 bits per heavy atom. The molecule has 104 valence electrons. The zero-order valence-electron chi connectivity index (χ0n) is 11.0. The normalized spacial score (nSPS) is 11.5. The van der Waals surface area contributed by atoms with Crippen molar-refractivity contribution in [3.8, 4) is 5.75 Å². The van der Waals surface area contributed by atoms with Crippen LogP contribution in [0, 0.1) is 10.1 Å². The molecule has 1 rings (SSSR count). The molecule has 1 atom stereocenters. The second-order valence-electron chi connectivity index (χ2n) is 4.06. The minimum atomic E-state index is -0.712. The lowest BCUT2D eigenvalue weighted by Gasteiger charge is -2.20. The van der Waals surface area contributed by atoms with Gasteiger partial charge in [-0.05, 0) is 29.9 Å². The molecule has 0 aliphatic rings. The highest BCUT2D eigenvalue weighted by Gasteiger charge is 2.21. The lowest BCUT2D eigenvalue weighted by molar-refractivity contribution is -0.490. The summed E-state index contributed by atoms with van der Waals surface area (Å²) in [5.74, 6) is 0.679. The molecule has 0 N–H and O–H groups in total. The van der Waals surface area contributed by atoms with Gasteiger partial charge < -0.3 is 14.4 Å². The molecule has 0 fully saturated rings. The van der Waals surface area contributed by atoms with Crippen LogP contribution < -0.4 is 4.74 Å². The Balaban J connectivity index is 2.88. The fourth-order valence-electron chi connectivity index (χ4n) is 1.39. The summed E-state index contributed by atoms with van der Waals surface area (Å²) in [7, 11) is 5.00. The van der Waals surface area contributed by atoms with E-state index in [9.17, 15) is 10.1 Å². The highest BCUT2D eigenvalue weighted by Crippen LogP contribution is 2.21. The molecule has 0 amide bonds. The number of methoxy groups -OCH3 is 1. The Morgan fingerprint density at radius 3 is 2.42 bits per heavy atom. The molecule has 0 spiro atoms. The standard InChI is InChI=1S/C12H16N2O4S/c1-13(2)12(19)18-11(8-14(15)16)9-4-6-10(17-3)7-5-9/h4-7,11H,8H2,1-3H3. The number of benzene rings is 1. The second kappa shape index (κ2) is 6.89. The molecule has 19 heavy (non-hydrogen) atoms. The Bertz CT molecular complexity index is 448. The van der Waals surface area contributed by atoms with Crippen LogP contribution in [0.4, 0.5) is 0 Å². The Morgan fingerprint density at radius 2 is 2.00 bits per heavy atom. The van der Waals surface area contributed by atoms with Crippen LogP contribution in [0.25, 0.3) is 0 Å². The predicted octanol–water partition coefficient (Wildman–Crippen LogP) is 1.88. The topological polar surface area (TPSA) is 64.8 Å². The zero-order chi connectivity index (χ0) is 14.4. The van der Waals surface area contributed by atoms with Crippen molar-refractivity contribution in [3.63, 3.8) is 0 Å². The first kappa shape index (κ1) is 15.2. The number of rotatable bonds is 5. The molecule has 0 heterocycles. The van der Waals surface area contributed by atoms with Crippen LogP contribution in [0.1, 0.15) is 11.7 Å². The van der Waals surface area contributed by atoms with Crippen LogP contribution in [0.5, 0.6) is 5.75 Å². The molecular weight excluding hydrogens is 268 g/mol. The van der Waals surface area contributed by atoms with E-state index in [2.05, 4.69) is 0 Å². The number of nitro groups is 1. The molecular formula is C12H16N2O4S. The molecule has 0 radical (unpaired) electrons. The van der Waals surface area contributed by atoms with Crippen LogP contribution in [0.3, 0.4) is 0 Å². The van der Waals surface area contributed by atoms with Gasteiger partial charge in [0.05, 0.1) is 7.11 Å². The van der Waals surface area contributed by atoms with Gasteiger partial charge in [0.1, 0.15) is 5.75 Å². The van der Waals surface area contributed by atoms with Gasteiger partial charge in [-0.1, -0.05) is 12.1 Å². The molecule has 7 heteroatoms. The zero-order valence-corrected chi connectivity index (χ0v) is 11.8. The molecule has 0 saturated carbocycles. The lowest BCUT2D eigenvalue weighted by Crippen LogP contribution is -2.27. The second-order valence-corrected chi connectivity index (χ2v) is 4.40. The van der Waals surface area contributed by atoms with Crippen molar-refractivity contribution in [1.82, 2.24) is 4.90 Å². The smallest absolute Gasteiger partial charge is 0.259 e. The van der Waals surface area contributed by atoms with Crippen LogP contribution in [-0.2, 0) is 4.74 Å².